The molecule has 3 aliphatic rings. The van der Waals surface area contributed by atoms with Gasteiger partial charge in [-0.15, -0.1) is 0 Å². The van der Waals surface area contributed by atoms with Gasteiger partial charge in [0.2, 0.25) is 5.91 Å². The first-order valence-electron chi connectivity index (χ1n) is 11.2. The molecule has 0 radical (unpaired) electrons. The van der Waals surface area contributed by atoms with Crippen LogP contribution in [0.3, 0.4) is 0 Å². The van der Waals surface area contributed by atoms with Crippen molar-refractivity contribution >= 4 is 11.8 Å². The molecule has 1 aromatic carbocycles. The molecule has 0 bridgehead atoms. The second kappa shape index (κ2) is 8.74. The molecule has 6 nitrogen and oxygen atoms in total. The highest BCUT2D eigenvalue weighted by Gasteiger charge is 2.29. The summed E-state index contributed by atoms with van der Waals surface area (Å²) in [4.78, 5) is 31.7. The zero-order valence-electron chi connectivity index (χ0n) is 17.5. The van der Waals surface area contributed by atoms with Gasteiger partial charge in [0.1, 0.15) is 5.75 Å². The summed E-state index contributed by atoms with van der Waals surface area (Å²) in [6, 6.07) is 4.03. The Morgan fingerprint density at radius 1 is 0.966 bits per heavy atom. The largest absolute Gasteiger partial charge is 0.507 e. The lowest BCUT2D eigenvalue weighted by Gasteiger charge is -2.38. The zero-order chi connectivity index (χ0) is 20.4. The molecule has 1 aromatic rings. The molecule has 1 unspecified atom stereocenters. The molecule has 2 aliphatic heterocycles. The van der Waals surface area contributed by atoms with Crippen molar-refractivity contribution in [2.45, 2.75) is 57.9 Å². The Bertz CT molecular complexity index is 771. The number of aromatic hydroxyl groups is 1. The van der Waals surface area contributed by atoms with Crippen molar-refractivity contribution in [1.29, 1.82) is 0 Å². The lowest BCUT2D eigenvalue weighted by atomic mass is 9.89. The highest BCUT2D eigenvalue weighted by molar-refractivity contribution is 5.97. The smallest absolute Gasteiger partial charge is 0.257 e. The average Bonchev–Trinajstić information content (AvgIpc) is 2.73. The first kappa shape index (κ1) is 20.2. The first-order valence-corrected chi connectivity index (χ1v) is 11.2. The Morgan fingerprint density at radius 2 is 1.66 bits per heavy atom. The molecular weight excluding hydrogens is 366 g/mol. The van der Waals surface area contributed by atoms with Gasteiger partial charge >= 0.3 is 0 Å². The fourth-order valence-corrected chi connectivity index (χ4v) is 4.97. The number of nitrogens with zero attached hydrogens (tertiary/aromatic N) is 3. The summed E-state index contributed by atoms with van der Waals surface area (Å²) in [6.07, 6.45) is 7.67. The van der Waals surface area contributed by atoms with Crippen molar-refractivity contribution in [2.75, 3.05) is 39.3 Å². The van der Waals surface area contributed by atoms with E-state index in [0.717, 1.165) is 45.1 Å². The number of amides is 2. The molecule has 6 heteroatoms. The molecule has 1 atom stereocenters. The van der Waals surface area contributed by atoms with Crippen molar-refractivity contribution < 1.29 is 14.7 Å². The second-order valence-corrected chi connectivity index (χ2v) is 8.85. The normalized spacial score (nSPS) is 23.0. The number of carbonyl (C=O) groups is 2. The molecular formula is C23H33N3O3. The fourth-order valence-electron chi connectivity index (χ4n) is 4.97. The minimum absolute atomic E-state index is 0.0912. The number of piperazine rings is 1. The molecule has 29 heavy (non-hydrogen) atoms. The molecule has 0 saturated carbocycles. The molecule has 0 spiro atoms. The van der Waals surface area contributed by atoms with Crippen LogP contribution in [-0.4, -0.2) is 76.9 Å². The van der Waals surface area contributed by atoms with E-state index in [9.17, 15) is 14.7 Å². The van der Waals surface area contributed by atoms with Crippen molar-refractivity contribution in [3.05, 3.63) is 28.8 Å². The number of phenols is 1. The maximum atomic E-state index is 13.0. The van der Waals surface area contributed by atoms with Gasteiger partial charge in [-0.25, -0.2) is 0 Å². The van der Waals surface area contributed by atoms with Crippen molar-refractivity contribution in [3.8, 4) is 5.75 Å². The number of carbonyl (C=O) groups excluding carboxylic acids is 2. The number of benzene rings is 1. The van der Waals surface area contributed by atoms with Crippen LogP contribution in [0.1, 0.15) is 60.5 Å². The Labute approximate surface area is 173 Å². The summed E-state index contributed by atoms with van der Waals surface area (Å²) in [5.74, 6) is 0.225. The van der Waals surface area contributed by atoms with Crippen LogP contribution in [0.15, 0.2) is 12.1 Å². The highest BCUT2D eigenvalue weighted by atomic mass is 16.3. The number of aryl methyl sites for hydroxylation is 2. The van der Waals surface area contributed by atoms with Crippen LogP contribution >= 0.6 is 0 Å². The number of fused-ring (bicyclic) bond motifs is 1. The van der Waals surface area contributed by atoms with E-state index in [1.807, 2.05) is 15.9 Å². The van der Waals surface area contributed by atoms with Gasteiger partial charge < -0.3 is 14.9 Å². The Balaban J connectivity index is 1.33. The molecule has 4 rings (SSSR count). The third-order valence-corrected chi connectivity index (χ3v) is 6.83. The molecule has 1 N–H and O–H groups in total. The number of likely N-dealkylation sites (tertiary alicyclic amines) is 1. The minimum atomic E-state index is -0.0912. The number of piperidine rings is 1. The number of phenolic OH excluding ortho intramolecular Hbond substituents is 1. The van der Waals surface area contributed by atoms with Gasteiger partial charge in [-0.3, -0.25) is 14.5 Å². The fraction of sp³-hybridized carbons (Fsp3) is 0.652. The van der Waals surface area contributed by atoms with Gasteiger partial charge in [-0.2, -0.15) is 0 Å². The summed E-state index contributed by atoms with van der Waals surface area (Å²) in [6.45, 7) is 6.04. The first-order chi connectivity index (χ1) is 14.0. The van der Waals surface area contributed by atoms with Gasteiger partial charge in [-0.05, 0) is 75.1 Å². The number of hydrogen-bond acceptors (Lipinski definition) is 4. The molecule has 2 heterocycles. The second-order valence-electron chi connectivity index (χ2n) is 8.85. The number of rotatable bonds is 3. The average molecular weight is 400 g/mol. The lowest BCUT2D eigenvalue weighted by molar-refractivity contribution is -0.136. The third kappa shape index (κ3) is 4.42. The van der Waals surface area contributed by atoms with Crippen LogP contribution in [0.4, 0.5) is 0 Å². The van der Waals surface area contributed by atoms with Crippen LogP contribution in [0.2, 0.25) is 0 Å². The van der Waals surface area contributed by atoms with E-state index in [-0.39, 0.29) is 17.6 Å². The highest BCUT2D eigenvalue weighted by Crippen LogP contribution is 2.29. The van der Waals surface area contributed by atoms with Crippen molar-refractivity contribution in [2.24, 2.45) is 0 Å². The molecule has 158 valence electrons. The standard InChI is InChI=1S/C23H33N3O3/c1-17-6-4-5-9-26(17)22(28)16-24-10-12-25(13-11-24)23(29)20-14-18-7-2-3-8-19(18)15-21(20)27/h14-15,17,27H,2-13,16H2,1H3. The van der Waals surface area contributed by atoms with E-state index >= 15 is 0 Å². The van der Waals surface area contributed by atoms with E-state index in [4.69, 9.17) is 0 Å². The zero-order valence-corrected chi connectivity index (χ0v) is 17.5. The molecule has 0 aromatic heterocycles. The number of hydrogen-bond donors (Lipinski definition) is 1. The molecule has 2 saturated heterocycles. The van der Waals surface area contributed by atoms with Crippen LogP contribution in [-0.2, 0) is 17.6 Å². The Kier molecular flexibility index (Phi) is 6.09. The molecule has 2 amide bonds. The van der Waals surface area contributed by atoms with E-state index in [1.165, 1.54) is 17.5 Å². The Morgan fingerprint density at radius 3 is 2.34 bits per heavy atom. The maximum Gasteiger partial charge on any atom is 0.257 e. The Hall–Kier alpha value is -2.08. The SMILES string of the molecule is CC1CCCCN1C(=O)CN1CCN(C(=O)c2cc3c(cc2O)CCCC3)CC1. The van der Waals surface area contributed by atoms with E-state index < -0.39 is 0 Å². The lowest BCUT2D eigenvalue weighted by Crippen LogP contribution is -2.53. The van der Waals surface area contributed by atoms with Crippen molar-refractivity contribution in [1.82, 2.24) is 14.7 Å². The van der Waals surface area contributed by atoms with Crippen LogP contribution < -0.4 is 0 Å². The van der Waals surface area contributed by atoms with Gasteiger partial charge in [0, 0.05) is 38.8 Å². The van der Waals surface area contributed by atoms with Gasteiger partial charge in [0.05, 0.1) is 12.1 Å². The molecule has 1 aliphatic carbocycles. The molecule has 2 fully saturated rings. The topological polar surface area (TPSA) is 64.1 Å². The quantitative estimate of drug-likeness (QED) is 0.848. The third-order valence-electron chi connectivity index (χ3n) is 6.83. The predicted octanol–water partition coefficient (Wildman–Crippen LogP) is 2.43. The van der Waals surface area contributed by atoms with E-state index in [1.54, 1.807) is 6.07 Å². The maximum absolute atomic E-state index is 13.0. The summed E-state index contributed by atoms with van der Waals surface area (Å²) in [5.41, 5.74) is 2.81. The van der Waals surface area contributed by atoms with Gasteiger partial charge in [0.25, 0.3) is 5.91 Å². The van der Waals surface area contributed by atoms with Crippen LogP contribution in [0.5, 0.6) is 5.75 Å². The summed E-state index contributed by atoms with van der Waals surface area (Å²) < 4.78 is 0. The van der Waals surface area contributed by atoms with Crippen LogP contribution in [0.25, 0.3) is 0 Å². The van der Waals surface area contributed by atoms with Gasteiger partial charge in [-0.1, -0.05) is 0 Å². The summed E-state index contributed by atoms with van der Waals surface area (Å²) in [5, 5.41) is 10.4. The predicted molar refractivity (Wildman–Crippen MR) is 112 cm³/mol. The van der Waals surface area contributed by atoms with Crippen LogP contribution in [0, 0.1) is 0 Å². The monoisotopic (exact) mass is 399 g/mol. The minimum Gasteiger partial charge on any atom is -0.507 e. The summed E-state index contributed by atoms with van der Waals surface area (Å²) >= 11 is 0. The van der Waals surface area contributed by atoms with E-state index in [2.05, 4.69) is 11.8 Å². The van der Waals surface area contributed by atoms with Gasteiger partial charge in [0.15, 0.2) is 0 Å². The summed E-state index contributed by atoms with van der Waals surface area (Å²) in [7, 11) is 0. The van der Waals surface area contributed by atoms with E-state index in [0.29, 0.717) is 44.3 Å². The van der Waals surface area contributed by atoms with Crippen molar-refractivity contribution in [3.63, 3.8) is 0 Å².